The largest absolute Gasteiger partial charge is 0.417 e. The summed E-state index contributed by atoms with van der Waals surface area (Å²) < 4.78 is 75.3. The van der Waals surface area contributed by atoms with Crippen molar-refractivity contribution in [2.24, 2.45) is 0 Å². The van der Waals surface area contributed by atoms with Gasteiger partial charge in [0.05, 0.1) is 17.1 Å². The summed E-state index contributed by atoms with van der Waals surface area (Å²) in [4.78, 5) is -1.04. The molecule has 0 atom stereocenters. The number of benzene rings is 1. The third-order valence-corrected chi connectivity index (χ3v) is 4.27. The van der Waals surface area contributed by atoms with Crippen molar-refractivity contribution in [3.05, 3.63) is 29.6 Å². The van der Waals surface area contributed by atoms with Gasteiger partial charge in [0.25, 0.3) is 0 Å². The Morgan fingerprint density at radius 3 is 2.37 bits per heavy atom. The number of alkyl halides is 3. The summed E-state index contributed by atoms with van der Waals surface area (Å²) in [6, 6.07) is 1.32. The van der Waals surface area contributed by atoms with Crippen LogP contribution in [0.25, 0.3) is 0 Å². The number of rotatable bonds is 4. The second kappa shape index (κ2) is 5.43. The maximum Gasteiger partial charge on any atom is 0.417 e. The van der Waals surface area contributed by atoms with Crippen molar-refractivity contribution >= 4 is 10.0 Å². The van der Waals surface area contributed by atoms with Crippen LogP contribution in [-0.4, -0.2) is 38.0 Å². The van der Waals surface area contributed by atoms with Crippen molar-refractivity contribution in [3.63, 3.8) is 0 Å². The molecule has 0 radical (unpaired) electrons. The SMILES string of the molecule is CN(CCO)S(=O)(=O)c1ccc(F)cc1C(F)(F)F. The molecule has 4 nitrogen and oxygen atoms in total. The van der Waals surface area contributed by atoms with Crippen LogP contribution in [0.2, 0.25) is 0 Å². The normalized spacial score (nSPS) is 13.0. The zero-order chi connectivity index (χ0) is 14.8. The molecule has 0 spiro atoms. The van der Waals surface area contributed by atoms with Crippen LogP contribution in [0, 0.1) is 5.82 Å². The fraction of sp³-hybridized carbons (Fsp3) is 0.400. The van der Waals surface area contributed by atoms with Gasteiger partial charge in [0.15, 0.2) is 0 Å². The number of sulfonamides is 1. The average molecular weight is 301 g/mol. The molecule has 0 saturated heterocycles. The first-order valence-electron chi connectivity index (χ1n) is 5.04. The third-order valence-electron chi connectivity index (χ3n) is 2.35. The van der Waals surface area contributed by atoms with E-state index in [2.05, 4.69) is 0 Å². The van der Waals surface area contributed by atoms with Crippen molar-refractivity contribution in [2.75, 3.05) is 20.2 Å². The molecule has 1 aromatic carbocycles. The summed E-state index contributed by atoms with van der Waals surface area (Å²) in [5, 5.41) is 8.63. The summed E-state index contributed by atoms with van der Waals surface area (Å²) in [6.45, 7) is -0.907. The van der Waals surface area contributed by atoms with Gasteiger partial charge in [-0.05, 0) is 18.2 Å². The summed E-state index contributed by atoms with van der Waals surface area (Å²) >= 11 is 0. The smallest absolute Gasteiger partial charge is 0.395 e. The molecule has 0 bridgehead atoms. The fourth-order valence-corrected chi connectivity index (χ4v) is 2.73. The Balaban J connectivity index is 3.43. The zero-order valence-corrected chi connectivity index (χ0v) is 10.6. The van der Waals surface area contributed by atoms with Crippen LogP contribution < -0.4 is 0 Å². The molecule has 0 heterocycles. The highest BCUT2D eigenvalue weighted by molar-refractivity contribution is 7.89. The van der Waals surface area contributed by atoms with Crippen LogP contribution in [0.4, 0.5) is 17.6 Å². The van der Waals surface area contributed by atoms with Crippen molar-refractivity contribution < 1.29 is 31.1 Å². The van der Waals surface area contributed by atoms with Gasteiger partial charge in [-0.2, -0.15) is 17.5 Å². The molecule has 0 amide bonds. The highest BCUT2D eigenvalue weighted by Gasteiger charge is 2.38. The highest BCUT2D eigenvalue weighted by atomic mass is 32.2. The van der Waals surface area contributed by atoms with Crippen molar-refractivity contribution in [1.29, 1.82) is 0 Å². The van der Waals surface area contributed by atoms with Gasteiger partial charge in [-0.15, -0.1) is 0 Å². The first-order chi connectivity index (χ1) is 8.60. The van der Waals surface area contributed by atoms with Gasteiger partial charge < -0.3 is 5.11 Å². The molecule has 19 heavy (non-hydrogen) atoms. The molecule has 1 aromatic rings. The van der Waals surface area contributed by atoms with Gasteiger partial charge in [-0.3, -0.25) is 0 Å². The Morgan fingerprint density at radius 1 is 1.32 bits per heavy atom. The Labute approximate surface area is 107 Å². The second-order valence-corrected chi connectivity index (χ2v) is 5.70. The predicted molar refractivity (Wildman–Crippen MR) is 58.3 cm³/mol. The Bertz CT molecular complexity index is 556. The first-order valence-corrected chi connectivity index (χ1v) is 6.48. The van der Waals surface area contributed by atoms with Gasteiger partial charge in [-0.25, -0.2) is 12.8 Å². The number of halogens is 4. The predicted octanol–water partition coefficient (Wildman–Crippen LogP) is 1.46. The lowest BCUT2D eigenvalue weighted by molar-refractivity contribution is -0.140. The van der Waals surface area contributed by atoms with E-state index in [1.165, 1.54) is 0 Å². The number of hydrogen-bond donors (Lipinski definition) is 1. The molecule has 0 aromatic heterocycles. The monoisotopic (exact) mass is 301 g/mol. The molecule has 1 rings (SSSR count). The highest BCUT2D eigenvalue weighted by Crippen LogP contribution is 2.35. The summed E-state index contributed by atoms with van der Waals surface area (Å²) in [5.41, 5.74) is -1.57. The lowest BCUT2D eigenvalue weighted by atomic mass is 10.2. The van der Waals surface area contributed by atoms with E-state index in [4.69, 9.17) is 5.11 Å². The van der Waals surface area contributed by atoms with Crippen LogP contribution in [0.1, 0.15) is 5.56 Å². The van der Waals surface area contributed by atoms with Crippen LogP contribution in [0.15, 0.2) is 23.1 Å². The summed E-state index contributed by atoms with van der Waals surface area (Å²) in [5.74, 6) is -1.18. The van der Waals surface area contributed by atoms with Gasteiger partial charge in [0.1, 0.15) is 5.82 Å². The lowest BCUT2D eigenvalue weighted by Gasteiger charge is -2.19. The minimum atomic E-state index is -5.00. The van der Waals surface area contributed by atoms with Gasteiger partial charge in [0, 0.05) is 13.6 Å². The summed E-state index contributed by atoms with van der Waals surface area (Å²) in [7, 11) is -3.42. The maximum atomic E-state index is 12.9. The second-order valence-electron chi connectivity index (χ2n) is 3.69. The minimum Gasteiger partial charge on any atom is -0.395 e. The topological polar surface area (TPSA) is 57.6 Å². The van der Waals surface area contributed by atoms with Crippen molar-refractivity contribution in [1.82, 2.24) is 4.31 Å². The molecular formula is C10H11F4NO3S. The molecule has 0 aliphatic carbocycles. The van der Waals surface area contributed by atoms with Crippen LogP contribution in [0.3, 0.4) is 0 Å². The molecule has 0 aliphatic rings. The van der Waals surface area contributed by atoms with Crippen molar-refractivity contribution in [3.8, 4) is 0 Å². The zero-order valence-electron chi connectivity index (χ0n) is 9.78. The van der Waals surface area contributed by atoms with E-state index in [0.717, 1.165) is 7.05 Å². The lowest BCUT2D eigenvalue weighted by Crippen LogP contribution is -2.31. The Kier molecular flexibility index (Phi) is 4.54. The van der Waals surface area contributed by atoms with E-state index in [1.807, 2.05) is 0 Å². The number of hydrogen-bond acceptors (Lipinski definition) is 3. The minimum absolute atomic E-state index is 0.125. The van der Waals surface area contributed by atoms with E-state index in [0.29, 0.717) is 16.4 Å². The number of aliphatic hydroxyl groups is 1. The quantitative estimate of drug-likeness (QED) is 0.857. The number of aliphatic hydroxyl groups excluding tert-OH is 1. The molecule has 0 aliphatic heterocycles. The molecule has 1 N–H and O–H groups in total. The Morgan fingerprint density at radius 2 is 1.89 bits per heavy atom. The van der Waals surface area contributed by atoms with E-state index in [-0.39, 0.29) is 12.6 Å². The van der Waals surface area contributed by atoms with Crippen LogP contribution in [-0.2, 0) is 16.2 Å². The van der Waals surface area contributed by atoms with Crippen LogP contribution in [0.5, 0.6) is 0 Å². The van der Waals surface area contributed by atoms with Gasteiger partial charge in [0.2, 0.25) is 10.0 Å². The van der Waals surface area contributed by atoms with Gasteiger partial charge in [-0.1, -0.05) is 0 Å². The van der Waals surface area contributed by atoms with E-state index in [1.54, 1.807) is 0 Å². The molecule has 0 fully saturated rings. The van der Waals surface area contributed by atoms with E-state index >= 15 is 0 Å². The van der Waals surface area contributed by atoms with E-state index < -0.39 is 39.1 Å². The number of likely N-dealkylation sites (N-methyl/N-ethyl adjacent to an activating group) is 1. The average Bonchev–Trinajstić information content (AvgIpc) is 2.27. The molecule has 0 unspecified atom stereocenters. The fourth-order valence-electron chi connectivity index (χ4n) is 1.38. The molecular weight excluding hydrogens is 290 g/mol. The third kappa shape index (κ3) is 3.43. The number of nitrogens with zero attached hydrogens (tertiary/aromatic N) is 1. The maximum absolute atomic E-state index is 12.9. The van der Waals surface area contributed by atoms with E-state index in [9.17, 15) is 26.0 Å². The molecule has 108 valence electrons. The molecule has 0 saturated carbocycles. The standard InChI is InChI=1S/C10H11F4NO3S/c1-15(4-5-16)19(17,18)9-3-2-7(11)6-8(9)10(12,13)14/h2-3,6,16H,4-5H2,1H3. The van der Waals surface area contributed by atoms with Crippen LogP contribution >= 0.6 is 0 Å². The van der Waals surface area contributed by atoms with Gasteiger partial charge >= 0.3 is 6.18 Å². The Hall–Kier alpha value is -1.19. The molecule has 9 heteroatoms. The van der Waals surface area contributed by atoms with Crippen molar-refractivity contribution in [2.45, 2.75) is 11.1 Å². The first kappa shape index (κ1) is 15.9. The summed E-state index contributed by atoms with van der Waals surface area (Å²) in [6.07, 6.45) is -5.00.